The highest BCUT2D eigenvalue weighted by Gasteiger charge is 2.15. The summed E-state index contributed by atoms with van der Waals surface area (Å²) >= 11 is 5.35. The number of H-pyrrole nitrogens is 1. The molecular weight excluding hydrogens is 202 g/mol. The van der Waals surface area contributed by atoms with Crippen molar-refractivity contribution in [3.8, 4) is 0 Å². The molecule has 0 radical (unpaired) electrons. The highest BCUT2D eigenvalue weighted by Crippen LogP contribution is 2.24. The lowest BCUT2D eigenvalue weighted by Crippen LogP contribution is -2.14. The van der Waals surface area contributed by atoms with Crippen LogP contribution in [0.25, 0.3) is 0 Å². The second-order valence-electron chi connectivity index (χ2n) is 2.40. The molecule has 1 aromatic heterocycles. The third kappa shape index (κ3) is 2.05. The van der Waals surface area contributed by atoms with E-state index in [1.807, 2.05) is 0 Å². The Morgan fingerprint density at radius 3 is 2.69 bits per heavy atom. The standard InChI is InChI=1S/C7H7ClF2N2O/c8-5-4(6(9)10)1-3(2-11)12-7(5)13/h1,6H,2,11H2,(H,12,13). The number of aromatic nitrogens is 1. The number of halogens is 3. The molecule has 0 bridgehead atoms. The van der Waals surface area contributed by atoms with Crippen molar-refractivity contribution in [2.75, 3.05) is 0 Å². The van der Waals surface area contributed by atoms with E-state index in [2.05, 4.69) is 4.98 Å². The maximum absolute atomic E-state index is 12.2. The molecule has 0 aliphatic carbocycles. The zero-order valence-corrected chi connectivity index (χ0v) is 7.24. The topological polar surface area (TPSA) is 58.9 Å². The van der Waals surface area contributed by atoms with Gasteiger partial charge in [0.25, 0.3) is 12.0 Å². The zero-order valence-electron chi connectivity index (χ0n) is 6.48. The molecule has 0 unspecified atom stereocenters. The maximum atomic E-state index is 12.2. The van der Waals surface area contributed by atoms with Crippen LogP contribution < -0.4 is 11.3 Å². The van der Waals surface area contributed by atoms with E-state index in [0.717, 1.165) is 6.07 Å². The van der Waals surface area contributed by atoms with Gasteiger partial charge in [-0.2, -0.15) is 0 Å². The van der Waals surface area contributed by atoms with E-state index in [-0.39, 0.29) is 12.2 Å². The SMILES string of the molecule is NCc1cc(C(F)F)c(Cl)c(=O)[nH]1. The molecule has 0 fully saturated rings. The number of rotatable bonds is 2. The molecular formula is C7H7ClF2N2O. The van der Waals surface area contributed by atoms with Gasteiger partial charge < -0.3 is 10.7 Å². The van der Waals surface area contributed by atoms with Crippen LogP contribution in [0, 0.1) is 0 Å². The van der Waals surface area contributed by atoms with Crippen molar-refractivity contribution in [3.05, 3.63) is 32.7 Å². The number of alkyl halides is 2. The Kier molecular flexibility index (Phi) is 3.00. The van der Waals surface area contributed by atoms with Crippen LogP contribution in [0.4, 0.5) is 8.78 Å². The predicted octanol–water partition coefficient (Wildman–Crippen LogP) is 1.42. The van der Waals surface area contributed by atoms with Crippen molar-refractivity contribution in [3.63, 3.8) is 0 Å². The Morgan fingerprint density at radius 2 is 2.23 bits per heavy atom. The van der Waals surface area contributed by atoms with Crippen LogP contribution in [0.2, 0.25) is 5.02 Å². The predicted molar refractivity (Wildman–Crippen MR) is 44.9 cm³/mol. The molecule has 0 spiro atoms. The maximum Gasteiger partial charge on any atom is 0.267 e. The Balaban J connectivity index is 3.33. The third-order valence-corrected chi connectivity index (χ3v) is 1.90. The Hall–Kier alpha value is -0.940. The van der Waals surface area contributed by atoms with Crippen molar-refractivity contribution >= 4 is 11.6 Å². The normalized spacial score (nSPS) is 10.8. The number of hydrogen-bond donors (Lipinski definition) is 2. The van der Waals surface area contributed by atoms with Crippen LogP contribution in [0.1, 0.15) is 17.7 Å². The van der Waals surface area contributed by atoms with Crippen LogP contribution in [0.5, 0.6) is 0 Å². The molecule has 0 aromatic carbocycles. The van der Waals surface area contributed by atoms with E-state index in [9.17, 15) is 13.6 Å². The van der Waals surface area contributed by atoms with Gasteiger partial charge in [0, 0.05) is 17.8 Å². The Bertz CT molecular complexity index is 364. The van der Waals surface area contributed by atoms with E-state index in [4.69, 9.17) is 17.3 Å². The molecule has 72 valence electrons. The lowest BCUT2D eigenvalue weighted by molar-refractivity contribution is 0.151. The van der Waals surface area contributed by atoms with Crippen molar-refractivity contribution in [1.29, 1.82) is 0 Å². The van der Waals surface area contributed by atoms with Gasteiger partial charge >= 0.3 is 0 Å². The van der Waals surface area contributed by atoms with Gasteiger partial charge in [-0.3, -0.25) is 4.79 Å². The van der Waals surface area contributed by atoms with Gasteiger partial charge in [-0.05, 0) is 6.07 Å². The van der Waals surface area contributed by atoms with E-state index < -0.39 is 22.6 Å². The minimum atomic E-state index is -2.76. The van der Waals surface area contributed by atoms with Crippen molar-refractivity contribution < 1.29 is 8.78 Å². The fourth-order valence-electron chi connectivity index (χ4n) is 0.888. The molecule has 0 saturated carbocycles. The monoisotopic (exact) mass is 208 g/mol. The fraction of sp³-hybridized carbons (Fsp3) is 0.286. The van der Waals surface area contributed by atoms with Crippen LogP contribution in [0.3, 0.4) is 0 Å². The number of nitrogens with one attached hydrogen (secondary N) is 1. The Morgan fingerprint density at radius 1 is 1.62 bits per heavy atom. The largest absolute Gasteiger partial charge is 0.325 e. The second-order valence-corrected chi connectivity index (χ2v) is 2.78. The molecule has 3 nitrogen and oxygen atoms in total. The summed E-state index contributed by atoms with van der Waals surface area (Å²) in [6.07, 6.45) is -2.76. The Labute approximate surface area is 77.5 Å². The van der Waals surface area contributed by atoms with Crippen molar-refractivity contribution in [1.82, 2.24) is 4.98 Å². The van der Waals surface area contributed by atoms with Gasteiger partial charge in [-0.25, -0.2) is 8.78 Å². The smallest absolute Gasteiger partial charge is 0.267 e. The minimum absolute atomic E-state index is 0.00781. The first-order chi connectivity index (χ1) is 6.06. The number of aromatic amines is 1. The molecule has 1 rings (SSSR count). The summed E-state index contributed by atoms with van der Waals surface area (Å²) in [5, 5.41) is -0.479. The minimum Gasteiger partial charge on any atom is -0.325 e. The third-order valence-electron chi connectivity index (χ3n) is 1.51. The fourth-order valence-corrected chi connectivity index (χ4v) is 1.07. The highest BCUT2D eigenvalue weighted by molar-refractivity contribution is 6.31. The molecule has 0 atom stereocenters. The lowest BCUT2D eigenvalue weighted by atomic mass is 10.2. The van der Waals surface area contributed by atoms with Crippen LogP contribution in [0.15, 0.2) is 10.9 Å². The summed E-state index contributed by atoms with van der Waals surface area (Å²) in [5.41, 5.74) is 4.20. The van der Waals surface area contributed by atoms with E-state index >= 15 is 0 Å². The van der Waals surface area contributed by atoms with Crippen molar-refractivity contribution in [2.24, 2.45) is 5.73 Å². The molecule has 0 aliphatic heterocycles. The lowest BCUT2D eigenvalue weighted by Gasteiger charge is -2.04. The summed E-state index contributed by atoms with van der Waals surface area (Å²) < 4.78 is 24.5. The average molecular weight is 209 g/mol. The average Bonchev–Trinajstić information content (AvgIpc) is 2.09. The molecule has 0 aliphatic rings. The van der Waals surface area contributed by atoms with Crippen LogP contribution >= 0.6 is 11.6 Å². The van der Waals surface area contributed by atoms with Gasteiger partial charge in [0.15, 0.2) is 0 Å². The molecule has 0 saturated heterocycles. The van der Waals surface area contributed by atoms with E-state index in [1.165, 1.54) is 0 Å². The van der Waals surface area contributed by atoms with Gasteiger partial charge in [-0.1, -0.05) is 11.6 Å². The molecule has 13 heavy (non-hydrogen) atoms. The summed E-state index contributed by atoms with van der Waals surface area (Å²) in [5.74, 6) is 0. The molecule has 1 heterocycles. The van der Waals surface area contributed by atoms with Gasteiger partial charge in [-0.15, -0.1) is 0 Å². The summed E-state index contributed by atoms with van der Waals surface area (Å²) in [6.45, 7) is -0.00781. The highest BCUT2D eigenvalue weighted by atomic mass is 35.5. The molecule has 1 aromatic rings. The molecule has 3 N–H and O–H groups in total. The first-order valence-corrected chi connectivity index (χ1v) is 3.84. The molecule has 0 amide bonds. The van der Waals surface area contributed by atoms with E-state index in [0.29, 0.717) is 0 Å². The van der Waals surface area contributed by atoms with Crippen LogP contribution in [-0.4, -0.2) is 4.98 Å². The summed E-state index contributed by atoms with van der Waals surface area (Å²) in [6, 6.07) is 1.09. The first-order valence-electron chi connectivity index (χ1n) is 3.46. The number of pyridine rings is 1. The van der Waals surface area contributed by atoms with Gasteiger partial charge in [0.2, 0.25) is 0 Å². The quantitative estimate of drug-likeness (QED) is 0.772. The number of hydrogen-bond acceptors (Lipinski definition) is 2. The van der Waals surface area contributed by atoms with Gasteiger partial charge in [0.05, 0.1) is 0 Å². The zero-order chi connectivity index (χ0) is 10.0. The first kappa shape index (κ1) is 10.1. The molecule has 6 heteroatoms. The summed E-state index contributed by atoms with van der Waals surface area (Å²) in [7, 11) is 0. The van der Waals surface area contributed by atoms with Crippen molar-refractivity contribution in [2.45, 2.75) is 13.0 Å². The van der Waals surface area contributed by atoms with E-state index in [1.54, 1.807) is 0 Å². The summed E-state index contributed by atoms with van der Waals surface area (Å²) in [4.78, 5) is 13.2. The van der Waals surface area contributed by atoms with Crippen LogP contribution in [-0.2, 0) is 6.54 Å². The number of nitrogens with two attached hydrogens (primary N) is 1. The van der Waals surface area contributed by atoms with Gasteiger partial charge in [0.1, 0.15) is 5.02 Å². The second kappa shape index (κ2) is 3.85.